The van der Waals surface area contributed by atoms with E-state index in [0.29, 0.717) is 15.8 Å². The van der Waals surface area contributed by atoms with Crippen LogP contribution in [0.25, 0.3) is 0 Å². The molecule has 5 heteroatoms. The third kappa shape index (κ3) is 2.68. The number of carbonyl (C=O) groups is 1. The zero-order chi connectivity index (χ0) is 13.1. The molecule has 0 aliphatic rings. The van der Waals surface area contributed by atoms with Crippen molar-refractivity contribution in [3.8, 4) is 0 Å². The highest BCUT2D eigenvalue weighted by atomic mass is 79.9. The molecule has 2 rings (SSSR count). The Bertz CT molecular complexity index is 564. The van der Waals surface area contributed by atoms with Gasteiger partial charge >= 0.3 is 5.97 Å². The number of nitrogens with one attached hydrogen (secondary N) is 1. The molecule has 0 spiro atoms. The molecule has 2 aromatic carbocycles. The molecule has 0 aliphatic heterocycles. The molecule has 2 aromatic rings. The first-order valence-electron chi connectivity index (χ1n) is 5.12. The summed E-state index contributed by atoms with van der Waals surface area (Å²) in [6.45, 7) is 0. The van der Waals surface area contributed by atoms with Crippen LogP contribution in [-0.4, -0.2) is 11.1 Å². The van der Waals surface area contributed by atoms with E-state index in [4.69, 9.17) is 5.11 Å². The van der Waals surface area contributed by atoms with Crippen LogP contribution in [0, 0.1) is 5.82 Å². The van der Waals surface area contributed by atoms with Crippen molar-refractivity contribution in [2.75, 3.05) is 5.32 Å². The van der Waals surface area contributed by atoms with Crippen LogP contribution in [0.1, 0.15) is 10.4 Å². The maximum absolute atomic E-state index is 13.6. The Morgan fingerprint density at radius 1 is 1.17 bits per heavy atom. The number of rotatable bonds is 3. The molecule has 0 saturated carbocycles. The van der Waals surface area contributed by atoms with E-state index in [-0.39, 0.29) is 11.4 Å². The van der Waals surface area contributed by atoms with Crippen molar-refractivity contribution >= 4 is 33.3 Å². The first-order chi connectivity index (χ1) is 8.58. The van der Waals surface area contributed by atoms with Gasteiger partial charge in [-0.1, -0.05) is 6.07 Å². The molecule has 2 N–H and O–H groups in total. The topological polar surface area (TPSA) is 49.3 Å². The Hall–Kier alpha value is -1.88. The summed E-state index contributed by atoms with van der Waals surface area (Å²) in [5, 5.41) is 11.7. The predicted octanol–water partition coefficient (Wildman–Crippen LogP) is 4.03. The van der Waals surface area contributed by atoms with Gasteiger partial charge in [0.15, 0.2) is 0 Å². The molecule has 0 bridgehead atoms. The first-order valence-corrected chi connectivity index (χ1v) is 5.91. The SMILES string of the molecule is O=C(O)c1ccc(Nc2c(F)cccc2Br)cc1. The second kappa shape index (κ2) is 5.18. The smallest absolute Gasteiger partial charge is 0.335 e. The van der Waals surface area contributed by atoms with Gasteiger partial charge in [0, 0.05) is 10.2 Å². The lowest BCUT2D eigenvalue weighted by atomic mass is 10.2. The number of aromatic carboxylic acids is 1. The predicted molar refractivity (Wildman–Crippen MR) is 70.8 cm³/mol. The van der Waals surface area contributed by atoms with Gasteiger partial charge in [-0.15, -0.1) is 0 Å². The Labute approximate surface area is 111 Å². The molecule has 0 saturated heterocycles. The molecule has 0 heterocycles. The third-order valence-corrected chi connectivity index (χ3v) is 3.02. The quantitative estimate of drug-likeness (QED) is 0.900. The summed E-state index contributed by atoms with van der Waals surface area (Å²) in [7, 11) is 0. The van der Waals surface area contributed by atoms with Gasteiger partial charge in [-0.2, -0.15) is 0 Å². The van der Waals surface area contributed by atoms with Crippen molar-refractivity contribution in [1.82, 2.24) is 0 Å². The summed E-state index contributed by atoms with van der Waals surface area (Å²) >= 11 is 3.25. The van der Waals surface area contributed by atoms with E-state index in [1.165, 1.54) is 18.2 Å². The molecule has 0 unspecified atom stereocenters. The van der Waals surface area contributed by atoms with E-state index >= 15 is 0 Å². The number of benzene rings is 2. The zero-order valence-corrected chi connectivity index (χ0v) is 10.7. The number of anilines is 2. The van der Waals surface area contributed by atoms with Gasteiger partial charge in [-0.25, -0.2) is 9.18 Å². The van der Waals surface area contributed by atoms with Crippen LogP contribution < -0.4 is 5.32 Å². The average molecular weight is 310 g/mol. The van der Waals surface area contributed by atoms with Gasteiger partial charge < -0.3 is 10.4 Å². The fraction of sp³-hybridized carbons (Fsp3) is 0. The summed E-state index contributed by atoms with van der Waals surface area (Å²) in [5.41, 5.74) is 1.12. The molecule has 0 aliphatic carbocycles. The van der Waals surface area contributed by atoms with E-state index in [9.17, 15) is 9.18 Å². The normalized spacial score (nSPS) is 10.1. The Balaban J connectivity index is 2.26. The van der Waals surface area contributed by atoms with Crippen molar-refractivity contribution in [2.24, 2.45) is 0 Å². The molecule has 18 heavy (non-hydrogen) atoms. The van der Waals surface area contributed by atoms with Crippen molar-refractivity contribution in [3.63, 3.8) is 0 Å². The van der Waals surface area contributed by atoms with Gasteiger partial charge in [0.05, 0.1) is 11.3 Å². The average Bonchev–Trinajstić information content (AvgIpc) is 2.34. The van der Waals surface area contributed by atoms with E-state index in [0.717, 1.165) is 0 Å². The number of halogens is 2. The highest BCUT2D eigenvalue weighted by Crippen LogP contribution is 2.28. The largest absolute Gasteiger partial charge is 0.478 e. The summed E-state index contributed by atoms with van der Waals surface area (Å²) in [4.78, 5) is 10.7. The van der Waals surface area contributed by atoms with Crippen LogP contribution in [0.4, 0.5) is 15.8 Å². The third-order valence-electron chi connectivity index (χ3n) is 2.36. The molecule has 0 radical (unpaired) electrons. The molecular weight excluding hydrogens is 301 g/mol. The monoisotopic (exact) mass is 309 g/mol. The maximum atomic E-state index is 13.6. The second-order valence-corrected chi connectivity index (χ2v) is 4.46. The van der Waals surface area contributed by atoms with Crippen LogP contribution in [0.5, 0.6) is 0 Å². The van der Waals surface area contributed by atoms with Gasteiger partial charge in [0.1, 0.15) is 5.82 Å². The number of hydrogen-bond donors (Lipinski definition) is 2. The van der Waals surface area contributed by atoms with Crippen LogP contribution in [0.2, 0.25) is 0 Å². The van der Waals surface area contributed by atoms with Crippen molar-refractivity contribution < 1.29 is 14.3 Å². The lowest BCUT2D eigenvalue weighted by Crippen LogP contribution is -1.98. The maximum Gasteiger partial charge on any atom is 0.335 e. The van der Waals surface area contributed by atoms with E-state index in [1.807, 2.05) is 0 Å². The molecule has 0 aromatic heterocycles. The van der Waals surface area contributed by atoms with Gasteiger partial charge in [-0.3, -0.25) is 0 Å². The molecule has 92 valence electrons. The molecule has 0 amide bonds. The van der Waals surface area contributed by atoms with Crippen LogP contribution in [0.15, 0.2) is 46.9 Å². The summed E-state index contributed by atoms with van der Waals surface area (Å²) < 4.78 is 14.2. The Kier molecular flexibility index (Phi) is 3.62. The minimum absolute atomic E-state index is 0.188. The molecule has 0 fully saturated rings. The number of para-hydroxylation sites is 1. The van der Waals surface area contributed by atoms with Crippen LogP contribution in [0.3, 0.4) is 0 Å². The zero-order valence-electron chi connectivity index (χ0n) is 9.15. The highest BCUT2D eigenvalue weighted by Gasteiger charge is 2.07. The van der Waals surface area contributed by atoms with Crippen LogP contribution in [-0.2, 0) is 0 Å². The first kappa shape index (κ1) is 12.6. The van der Waals surface area contributed by atoms with Crippen LogP contribution >= 0.6 is 15.9 Å². The van der Waals surface area contributed by atoms with Crippen molar-refractivity contribution in [1.29, 1.82) is 0 Å². The minimum Gasteiger partial charge on any atom is -0.478 e. The lowest BCUT2D eigenvalue weighted by molar-refractivity contribution is 0.0697. The van der Waals surface area contributed by atoms with E-state index < -0.39 is 5.97 Å². The van der Waals surface area contributed by atoms with Crippen molar-refractivity contribution in [3.05, 3.63) is 58.3 Å². The van der Waals surface area contributed by atoms with Gasteiger partial charge in [-0.05, 0) is 52.3 Å². The second-order valence-electron chi connectivity index (χ2n) is 3.60. The van der Waals surface area contributed by atoms with Gasteiger partial charge in [0.25, 0.3) is 0 Å². The molecule has 3 nitrogen and oxygen atoms in total. The Morgan fingerprint density at radius 3 is 2.39 bits per heavy atom. The highest BCUT2D eigenvalue weighted by molar-refractivity contribution is 9.10. The van der Waals surface area contributed by atoms with E-state index in [2.05, 4.69) is 21.2 Å². The lowest BCUT2D eigenvalue weighted by Gasteiger charge is -2.09. The fourth-order valence-electron chi connectivity index (χ4n) is 1.46. The minimum atomic E-state index is -0.992. The number of carboxylic acid groups (broad SMARTS) is 1. The van der Waals surface area contributed by atoms with E-state index in [1.54, 1.807) is 24.3 Å². The summed E-state index contributed by atoms with van der Waals surface area (Å²) in [6.07, 6.45) is 0. The van der Waals surface area contributed by atoms with Gasteiger partial charge in [0.2, 0.25) is 0 Å². The molecule has 0 atom stereocenters. The van der Waals surface area contributed by atoms with Crippen molar-refractivity contribution in [2.45, 2.75) is 0 Å². The number of hydrogen-bond acceptors (Lipinski definition) is 2. The summed E-state index contributed by atoms with van der Waals surface area (Å²) in [6, 6.07) is 10.7. The number of carboxylic acids is 1. The summed E-state index contributed by atoms with van der Waals surface area (Å²) in [5.74, 6) is -1.37. The fourth-order valence-corrected chi connectivity index (χ4v) is 1.90. The standard InChI is InChI=1S/C13H9BrFNO2/c14-10-2-1-3-11(15)12(10)16-9-6-4-8(5-7-9)13(17)18/h1-7,16H,(H,17,18). The Morgan fingerprint density at radius 2 is 1.83 bits per heavy atom. The molecular formula is C13H9BrFNO2.